The molecule has 0 aliphatic rings. The van der Waals surface area contributed by atoms with Crippen LogP contribution in [-0.2, 0) is 20.9 Å². The van der Waals surface area contributed by atoms with E-state index in [0.29, 0.717) is 16.9 Å². The van der Waals surface area contributed by atoms with Crippen molar-refractivity contribution in [3.8, 4) is 11.5 Å². The number of halogens is 1. The minimum Gasteiger partial charge on any atom is -0.497 e. The number of rotatable bonds is 10. The first-order valence-corrected chi connectivity index (χ1v) is 11.5. The molecule has 0 aliphatic heterocycles. The molecule has 0 aromatic heterocycles. The maximum Gasteiger partial charge on any atom is 0.325 e. The minimum atomic E-state index is -1.73. The number of hydrogen-bond donors (Lipinski definition) is 1. The van der Waals surface area contributed by atoms with Crippen molar-refractivity contribution in [3.63, 3.8) is 0 Å². The Hall–Kier alpha value is -4.65. The van der Waals surface area contributed by atoms with Gasteiger partial charge in [-0.05, 0) is 34.9 Å². The highest BCUT2D eigenvalue weighted by molar-refractivity contribution is 6.00. The summed E-state index contributed by atoms with van der Waals surface area (Å²) >= 11 is 0. The summed E-state index contributed by atoms with van der Waals surface area (Å²) in [7, 11) is 1.55. The lowest BCUT2D eigenvalue weighted by molar-refractivity contribution is -0.157. The summed E-state index contributed by atoms with van der Waals surface area (Å²) in [4.78, 5) is 25.7. The van der Waals surface area contributed by atoms with Crippen molar-refractivity contribution in [3.05, 3.63) is 131 Å². The van der Waals surface area contributed by atoms with E-state index in [4.69, 9.17) is 14.2 Å². The van der Waals surface area contributed by atoms with Gasteiger partial charge in [-0.2, -0.15) is 0 Å². The van der Waals surface area contributed by atoms with E-state index in [0.717, 1.165) is 17.7 Å². The summed E-state index contributed by atoms with van der Waals surface area (Å²) in [6, 6.07) is 28.5. The van der Waals surface area contributed by atoms with Gasteiger partial charge < -0.3 is 19.3 Å². The van der Waals surface area contributed by atoms with Crippen LogP contribution in [-0.4, -0.2) is 24.2 Å². The van der Waals surface area contributed by atoms with Crippen molar-refractivity contribution >= 4 is 11.9 Å². The normalized spacial score (nSPS) is 11.5. The van der Waals surface area contributed by atoms with E-state index in [1.807, 2.05) is 12.1 Å². The molecule has 4 aromatic rings. The van der Waals surface area contributed by atoms with E-state index in [2.05, 4.69) is 0 Å². The minimum absolute atomic E-state index is 0.00714. The SMILES string of the molecule is COc1ccc(COc2cc(F)ccc2C(C(=O)O)C(=O)OC(c2ccccc2)c2ccccc2)cc1. The topological polar surface area (TPSA) is 82.1 Å². The van der Waals surface area contributed by atoms with Crippen molar-refractivity contribution < 1.29 is 33.3 Å². The van der Waals surface area contributed by atoms with Crippen LogP contribution in [0.1, 0.15) is 34.3 Å². The van der Waals surface area contributed by atoms with Crippen LogP contribution >= 0.6 is 0 Å². The molecule has 6 nitrogen and oxygen atoms in total. The highest BCUT2D eigenvalue weighted by Gasteiger charge is 2.35. The van der Waals surface area contributed by atoms with Gasteiger partial charge in [-0.25, -0.2) is 4.39 Å². The molecule has 0 spiro atoms. The Morgan fingerprint density at radius 1 is 0.838 bits per heavy atom. The van der Waals surface area contributed by atoms with Gasteiger partial charge in [0.2, 0.25) is 0 Å². The number of carboxylic acid groups (broad SMARTS) is 1. The molecule has 0 saturated carbocycles. The number of carbonyl (C=O) groups is 2. The predicted octanol–water partition coefficient (Wildman–Crippen LogP) is 5.91. The largest absolute Gasteiger partial charge is 0.497 e. The van der Waals surface area contributed by atoms with Crippen LogP contribution in [0.4, 0.5) is 4.39 Å². The second-order valence-corrected chi connectivity index (χ2v) is 8.23. The van der Waals surface area contributed by atoms with Gasteiger partial charge in [-0.3, -0.25) is 9.59 Å². The van der Waals surface area contributed by atoms with Crippen molar-refractivity contribution in [1.29, 1.82) is 0 Å². The van der Waals surface area contributed by atoms with Gasteiger partial charge in [0.1, 0.15) is 23.9 Å². The second kappa shape index (κ2) is 11.9. The molecule has 0 amide bonds. The van der Waals surface area contributed by atoms with Crippen LogP contribution < -0.4 is 9.47 Å². The van der Waals surface area contributed by atoms with Gasteiger partial charge in [0.15, 0.2) is 12.0 Å². The van der Waals surface area contributed by atoms with Crippen LogP contribution in [0.5, 0.6) is 11.5 Å². The summed E-state index contributed by atoms with van der Waals surface area (Å²) in [5.41, 5.74) is 2.11. The first kappa shape index (κ1) is 25.4. The molecule has 0 aliphatic carbocycles. The number of methoxy groups -OCH3 is 1. The molecule has 0 saturated heterocycles. The average molecular weight is 501 g/mol. The summed E-state index contributed by atoms with van der Waals surface area (Å²) < 4.78 is 30.8. The number of benzene rings is 4. The third-order valence-electron chi connectivity index (χ3n) is 5.76. The zero-order valence-corrected chi connectivity index (χ0v) is 20.0. The van der Waals surface area contributed by atoms with Crippen molar-refractivity contribution in [2.45, 2.75) is 18.6 Å². The van der Waals surface area contributed by atoms with Crippen LogP contribution in [0.3, 0.4) is 0 Å². The summed E-state index contributed by atoms with van der Waals surface area (Å²) in [5.74, 6) is -4.19. The quantitative estimate of drug-likeness (QED) is 0.215. The average Bonchev–Trinajstić information content (AvgIpc) is 2.92. The Bertz CT molecular complexity index is 1300. The molecule has 0 heterocycles. The standard InChI is InChI=1S/C30H25FO6/c1-35-24-15-12-20(13-16-24)19-36-26-18-23(31)14-17-25(26)27(29(32)33)30(34)37-28(21-8-4-2-5-9-21)22-10-6-3-7-11-22/h2-18,27-28H,19H2,1H3,(H,32,33). The lowest BCUT2D eigenvalue weighted by atomic mass is 9.97. The molecule has 7 heteroatoms. The highest BCUT2D eigenvalue weighted by atomic mass is 19.1. The summed E-state index contributed by atoms with van der Waals surface area (Å²) in [6.45, 7) is 0.0263. The Morgan fingerprint density at radius 2 is 1.43 bits per heavy atom. The fourth-order valence-corrected chi connectivity index (χ4v) is 3.88. The Morgan fingerprint density at radius 3 is 1.97 bits per heavy atom. The van der Waals surface area contributed by atoms with Crippen LogP contribution in [0.2, 0.25) is 0 Å². The van der Waals surface area contributed by atoms with Gasteiger partial charge in [-0.1, -0.05) is 78.9 Å². The van der Waals surface area contributed by atoms with Crippen molar-refractivity contribution in [2.75, 3.05) is 7.11 Å². The molecule has 1 unspecified atom stereocenters. The van der Waals surface area contributed by atoms with Crippen LogP contribution in [0, 0.1) is 5.82 Å². The Kier molecular flexibility index (Phi) is 8.15. The van der Waals surface area contributed by atoms with E-state index in [-0.39, 0.29) is 17.9 Å². The van der Waals surface area contributed by atoms with Gasteiger partial charge >= 0.3 is 11.9 Å². The first-order valence-electron chi connectivity index (χ1n) is 11.5. The predicted molar refractivity (Wildman–Crippen MR) is 135 cm³/mol. The van der Waals surface area contributed by atoms with E-state index < -0.39 is 29.8 Å². The number of carboxylic acids is 1. The van der Waals surface area contributed by atoms with E-state index >= 15 is 0 Å². The zero-order chi connectivity index (χ0) is 26.2. The van der Waals surface area contributed by atoms with Gasteiger partial charge in [0.05, 0.1) is 7.11 Å². The fourth-order valence-electron chi connectivity index (χ4n) is 3.88. The molecule has 0 fully saturated rings. The number of hydrogen-bond acceptors (Lipinski definition) is 5. The molecule has 0 bridgehead atoms. The number of esters is 1. The first-order chi connectivity index (χ1) is 18.0. The summed E-state index contributed by atoms with van der Waals surface area (Å²) in [6.07, 6.45) is -0.833. The lowest BCUT2D eigenvalue weighted by Gasteiger charge is -2.22. The molecular formula is C30H25FO6. The maximum atomic E-state index is 14.1. The monoisotopic (exact) mass is 500 g/mol. The second-order valence-electron chi connectivity index (χ2n) is 8.23. The summed E-state index contributed by atoms with van der Waals surface area (Å²) in [5, 5.41) is 10.0. The third-order valence-corrected chi connectivity index (χ3v) is 5.76. The third kappa shape index (κ3) is 6.32. The molecule has 4 aromatic carbocycles. The van der Waals surface area contributed by atoms with Gasteiger partial charge in [0, 0.05) is 11.6 Å². The highest BCUT2D eigenvalue weighted by Crippen LogP contribution is 2.33. The van der Waals surface area contributed by atoms with Crippen LogP contribution in [0.15, 0.2) is 103 Å². The zero-order valence-electron chi connectivity index (χ0n) is 20.0. The molecule has 1 N–H and O–H groups in total. The molecule has 37 heavy (non-hydrogen) atoms. The fraction of sp³-hybridized carbons (Fsp3) is 0.133. The van der Waals surface area contributed by atoms with Gasteiger partial charge in [0.25, 0.3) is 0 Å². The molecule has 188 valence electrons. The number of aliphatic carboxylic acids is 1. The van der Waals surface area contributed by atoms with Crippen molar-refractivity contribution in [1.82, 2.24) is 0 Å². The maximum absolute atomic E-state index is 14.1. The van der Waals surface area contributed by atoms with Crippen molar-refractivity contribution in [2.24, 2.45) is 0 Å². The number of ether oxygens (including phenoxy) is 3. The smallest absolute Gasteiger partial charge is 0.325 e. The molecule has 0 radical (unpaired) electrons. The number of carbonyl (C=O) groups excluding carboxylic acids is 1. The molecule has 1 atom stereocenters. The Balaban J connectivity index is 1.63. The van der Waals surface area contributed by atoms with E-state index in [1.165, 1.54) is 6.07 Å². The van der Waals surface area contributed by atoms with Crippen LogP contribution in [0.25, 0.3) is 0 Å². The Labute approximate surface area is 213 Å². The van der Waals surface area contributed by atoms with Gasteiger partial charge in [-0.15, -0.1) is 0 Å². The molecular weight excluding hydrogens is 475 g/mol. The molecule has 4 rings (SSSR count). The van der Waals surface area contributed by atoms with E-state index in [9.17, 15) is 19.1 Å². The van der Waals surface area contributed by atoms with E-state index in [1.54, 1.807) is 79.9 Å². The lowest BCUT2D eigenvalue weighted by Crippen LogP contribution is -2.26.